The summed E-state index contributed by atoms with van der Waals surface area (Å²) >= 11 is 0. The Bertz CT molecular complexity index is 687. The molecule has 1 fully saturated rings. The maximum absolute atomic E-state index is 10.6. The lowest BCUT2D eigenvalue weighted by Gasteiger charge is -2.35. The van der Waals surface area contributed by atoms with Crippen molar-refractivity contribution in [1.82, 2.24) is 14.9 Å². The third kappa shape index (κ3) is 3.20. The zero-order valence-electron chi connectivity index (χ0n) is 13.6. The number of ether oxygens (including phenoxy) is 1. The molecule has 24 heavy (non-hydrogen) atoms. The Kier molecular flexibility index (Phi) is 4.32. The third-order valence-corrected chi connectivity index (χ3v) is 4.74. The second-order valence-electron chi connectivity index (χ2n) is 6.32. The first kappa shape index (κ1) is 15.4. The highest BCUT2D eigenvalue weighted by atomic mass is 16.5. The molecule has 2 aromatic rings. The van der Waals surface area contributed by atoms with Gasteiger partial charge in [-0.15, -0.1) is 0 Å². The number of piperazine rings is 1. The van der Waals surface area contributed by atoms with Crippen molar-refractivity contribution in [2.45, 2.75) is 12.5 Å². The fraction of sp³-hybridized carbons (Fsp3) is 0.444. The van der Waals surface area contributed by atoms with Gasteiger partial charge in [-0.05, 0) is 29.3 Å². The van der Waals surface area contributed by atoms with Crippen molar-refractivity contribution >= 4 is 5.95 Å². The first-order valence-electron chi connectivity index (χ1n) is 8.47. The Hall–Kier alpha value is -2.18. The number of aliphatic hydroxyl groups excluding tert-OH is 1. The van der Waals surface area contributed by atoms with Crippen LogP contribution in [0.15, 0.2) is 36.7 Å². The number of hydrogen-bond donors (Lipinski definition) is 1. The van der Waals surface area contributed by atoms with Gasteiger partial charge in [0.1, 0.15) is 5.75 Å². The molecule has 3 heterocycles. The number of β-amino-alcohol motifs (C(OH)–C–C–N with tert-alkyl or cyclic N) is 1. The molecule has 0 unspecified atom stereocenters. The van der Waals surface area contributed by atoms with Crippen LogP contribution in [-0.2, 0) is 6.42 Å². The first-order chi connectivity index (χ1) is 11.8. The maximum atomic E-state index is 10.6. The highest BCUT2D eigenvalue weighted by molar-refractivity contribution is 5.40. The SMILES string of the molecule is O[C@@H](CN1CCN(c2ncccn2)CC1)c1ccc2c(c1)CCO2. The number of rotatable bonds is 4. The standard InChI is InChI=1S/C18H22N4O2/c23-16(14-2-3-17-15(12-14)4-11-24-17)13-21-7-9-22(10-8-21)18-19-5-1-6-20-18/h1-3,5-6,12,16,23H,4,7-11,13H2/t16-/m0/s1. The highest BCUT2D eigenvalue weighted by Gasteiger charge is 2.22. The summed E-state index contributed by atoms with van der Waals surface area (Å²) in [5.41, 5.74) is 2.19. The molecule has 1 aromatic heterocycles. The Morgan fingerprint density at radius 3 is 2.71 bits per heavy atom. The van der Waals surface area contributed by atoms with Crippen molar-refractivity contribution in [2.75, 3.05) is 44.2 Å². The molecule has 0 amide bonds. The Morgan fingerprint density at radius 1 is 1.12 bits per heavy atom. The van der Waals surface area contributed by atoms with Crippen LogP contribution in [0.1, 0.15) is 17.2 Å². The van der Waals surface area contributed by atoms with E-state index in [-0.39, 0.29) is 0 Å². The quantitative estimate of drug-likeness (QED) is 0.913. The fourth-order valence-corrected chi connectivity index (χ4v) is 3.35. The summed E-state index contributed by atoms with van der Waals surface area (Å²) in [6.07, 6.45) is 4.02. The van der Waals surface area contributed by atoms with Crippen LogP contribution in [0.3, 0.4) is 0 Å². The van der Waals surface area contributed by atoms with Crippen molar-refractivity contribution in [3.8, 4) is 5.75 Å². The van der Waals surface area contributed by atoms with Gasteiger partial charge in [0.15, 0.2) is 0 Å². The molecule has 1 atom stereocenters. The predicted molar refractivity (Wildman–Crippen MR) is 91.3 cm³/mol. The van der Waals surface area contributed by atoms with E-state index >= 15 is 0 Å². The molecular weight excluding hydrogens is 304 g/mol. The van der Waals surface area contributed by atoms with Crippen LogP contribution >= 0.6 is 0 Å². The van der Waals surface area contributed by atoms with E-state index in [0.717, 1.165) is 56.5 Å². The van der Waals surface area contributed by atoms with E-state index in [1.165, 1.54) is 5.56 Å². The van der Waals surface area contributed by atoms with Gasteiger partial charge in [-0.1, -0.05) is 6.07 Å². The summed E-state index contributed by atoms with van der Waals surface area (Å²) in [6, 6.07) is 7.87. The first-order valence-corrected chi connectivity index (χ1v) is 8.47. The van der Waals surface area contributed by atoms with Gasteiger partial charge in [-0.25, -0.2) is 9.97 Å². The van der Waals surface area contributed by atoms with Crippen molar-refractivity contribution in [3.05, 3.63) is 47.8 Å². The summed E-state index contributed by atoms with van der Waals surface area (Å²) in [4.78, 5) is 13.1. The minimum absolute atomic E-state index is 0.463. The summed E-state index contributed by atoms with van der Waals surface area (Å²) in [5.74, 6) is 1.75. The molecule has 1 N–H and O–H groups in total. The second kappa shape index (κ2) is 6.75. The monoisotopic (exact) mass is 326 g/mol. The van der Waals surface area contributed by atoms with Gasteiger partial charge in [0.2, 0.25) is 5.95 Å². The summed E-state index contributed by atoms with van der Waals surface area (Å²) in [6.45, 7) is 4.98. The number of aromatic nitrogens is 2. The van der Waals surface area contributed by atoms with Gasteiger partial charge < -0.3 is 14.7 Å². The van der Waals surface area contributed by atoms with Gasteiger partial charge in [-0.3, -0.25) is 4.90 Å². The van der Waals surface area contributed by atoms with E-state index in [2.05, 4.69) is 25.8 Å². The lowest BCUT2D eigenvalue weighted by Crippen LogP contribution is -2.48. The Labute approximate surface area is 141 Å². The molecule has 6 nitrogen and oxygen atoms in total. The molecular formula is C18H22N4O2. The van der Waals surface area contributed by atoms with Gasteiger partial charge in [0.05, 0.1) is 12.7 Å². The number of aliphatic hydroxyl groups is 1. The van der Waals surface area contributed by atoms with Gasteiger partial charge in [-0.2, -0.15) is 0 Å². The molecule has 6 heteroatoms. The molecule has 0 radical (unpaired) electrons. The van der Waals surface area contributed by atoms with E-state index in [9.17, 15) is 5.11 Å². The minimum atomic E-state index is -0.463. The molecule has 1 saturated heterocycles. The molecule has 0 bridgehead atoms. The molecule has 0 saturated carbocycles. The van der Waals surface area contributed by atoms with Crippen LogP contribution in [0.2, 0.25) is 0 Å². The lowest BCUT2D eigenvalue weighted by atomic mass is 10.0. The Balaban J connectivity index is 1.33. The van der Waals surface area contributed by atoms with E-state index in [4.69, 9.17) is 4.74 Å². The molecule has 2 aliphatic heterocycles. The number of nitrogens with zero attached hydrogens (tertiary/aromatic N) is 4. The number of benzene rings is 1. The molecule has 126 valence electrons. The average molecular weight is 326 g/mol. The van der Waals surface area contributed by atoms with Crippen LogP contribution in [0.5, 0.6) is 5.75 Å². The summed E-state index contributed by atoms with van der Waals surface area (Å²) in [5, 5.41) is 10.6. The smallest absolute Gasteiger partial charge is 0.225 e. The topological polar surface area (TPSA) is 61.7 Å². The van der Waals surface area contributed by atoms with Gasteiger partial charge in [0, 0.05) is 51.5 Å². The van der Waals surface area contributed by atoms with Crippen LogP contribution in [0.25, 0.3) is 0 Å². The van der Waals surface area contributed by atoms with Crippen LogP contribution in [-0.4, -0.2) is 59.3 Å². The molecule has 1 aromatic carbocycles. The number of hydrogen-bond acceptors (Lipinski definition) is 6. The molecule has 2 aliphatic rings. The third-order valence-electron chi connectivity index (χ3n) is 4.74. The van der Waals surface area contributed by atoms with Crippen molar-refractivity contribution in [3.63, 3.8) is 0 Å². The van der Waals surface area contributed by atoms with Gasteiger partial charge >= 0.3 is 0 Å². The van der Waals surface area contributed by atoms with Gasteiger partial charge in [0.25, 0.3) is 0 Å². The summed E-state index contributed by atoms with van der Waals surface area (Å²) in [7, 11) is 0. The largest absolute Gasteiger partial charge is 0.493 e. The second-order valence-corrected chi connectivity index (χ2v) is 6.32. The maximum Gasteiger partial charge on any atom is 0.225 e. The zero-order chi connectivity index (χ0) is 16.4. The number of fused-ring (bicyclic) bond motifs is 1. The predicted octanol–water partition coefficient (Wildman–Crippen LogP) is 1.27. The summed E-state index contributed by atoms with van der Waals surface area (Å²) < 4.78 is 5.53. The lowest BCUT2D eigenvalue weighted by molar-refractivity contribution is 0.109. The molecule has 4 rings (SSSR count). The fourth-order valence-electron chi connectivity index (χ4n) is 3.35. The highest BCUT2D eigenvalue weighted by Crippen LogP contribution is 2.28. The minimum Gasteiger partial charge on any atom is -0.493 e. The van der Waals surface area contributed by atoms with Crippen molar-refractivity contribution in [1.29, 1.82) is 0 Å². The number of anilines is 1. The van der Waals surface area contributed by atoms with Crippen molar-refractivity contribution in [2.24, 2.45) is 0 Å². The van der Waals surface area contributed by atoms with Crippen molar-refractivity contribution < 1.29 is 9.84 Å². The van der Waals surface area contributed by atoms with Crippen LogP contribution in [0.4, 0.5) is 5.95 Å². The van der Waals surface area contributed by atoms with E-state index in [0.29, 0.717) is 6.54 Å². The van der Waals surface area contributed by atoms with E-state index < -0.39 is 6.10 Å². The average Bonchev–Trinajstić information content (AvgIpc) is 3.11. The normalized spacial score (nSPS) is 19.0. The van der Waals surface area contributed by atoms with Crippen LogP contribution in [0, 0.1) is 0 Å². The molecule has 0 spiro atoms. The Morgan fingerprint density at radius 2 is 1.92 bits per heavy atom. The van der Waals surface area contributed by atoms with E-state index in [1.54, 1.807) is 12.4 Å². The van der Waals surface area contributed by atoms with Crippen LogP contribution < -0.4 is 9.64 Å². The zero-order valence-corrected chi connectivity index (χ0v) is 13.6. The molecule has 0 aliphatic carbocycles. The van der Waals surface area contributed by atoms with E-state index in [1.807, 2.05) is 18.2 Å².